The van der Waals surface area contributed by atoms with E-state index in [1.165, 1.54) is 0 Å². The standard InChI is InChI=1S/C17H22N4O/c1-2-21-10-7-15-13(11-21)16(17(22)19-9-8-18)12-5-3-4-6-14(12)20-15/h3-6H,2,7-11,18H2,1H3,(H,19,22). The molecule has 5 heteroatoms. The van der Waals surface area contributed by atoms with Crippen molar-refractivity contribution in [2.45, 2.75) is 19.9 Å². The van der Waals surface area contributed by atoms with Crippen molar-refractivity contribution >= 4 is 16.8 Å². The van der Waals surface area contributed by atoms with Crippen molar-refractivity contribution in [3.63, 3.8) is 0 Å². The lowest BCUT2D eigenvalue weighted by Crippen LogP contribution is -2.35. The topological polar surface area (TPSA) is 71.2 Å². The number of hydrogen-bond acceptors (Lipinski definition) is 4. The van der Waals surface area contributed by atoms with Gasteiger partial charge in [0.1, 0.15) is 0 Å². The Morgan fingerprint density at radius 3 is 3.00 bits per heavy atom. The van der Waals surface area contributed by atoms with Gasteiger partial charge in [0.25, 0.3) is 5.91 Å². The molecular weight excluding hydrogens is 276 g/mol. The molecule has 1 amide bonds. The highest BCUT2D eigenvalue weighted by Crippen LogP contribution is 2.27. The van der Waals surface area contributed by atoms with Crippen LogP contribution in [0.4, 0.5) is 0 Å². The predicted molar refractivity (Wildman–Crippen MR) is 87.8 cm³/mol. The second-order valence-electron chi connectivity index (χ2n) is 5.59. The minimum Gasteiger partial charge on any atom is -0.351 e. The maximum Gasteiger partial charge on any atom is 0.252 e. The van der Waals surface area contributed by atoms with Gasteiger partial charge in [0.05, 0.1) is 11.1 Å². The van der Waals surface area contributed by atoms with Gasteiger partial charge >= 0.3 is 0 Å². The number of carbonyl (C=O) groups excluding carboxylic acids is 1. The van der Waals surface area contributed by atoms with Crippen molar-refractivity contribution in [3.05, 3.63) is 41.1 Å². The molecule has 0 radical (unpaired) electrons. The lowest BCUT2D eigenvalue weighted by Gasteiger charge is -2.29. The highest BCUT2D eigenvalue weighted by Gasteiger charge is 2.24. The average Bonchev–Trinajstić information content (AvgIpc) is 2.57. The minimum atomic E-state index is -0.0433. The van der Waals surface area contributed by atoms with Crippen molar-refractivity contribution in [1.29, 1.82) is 0 Å². The number of rotatable bonds is 4. The van der Waals surface area contributed by atoms with Crippen molar-refractivity contribution in [2.75, 3.05) is 26.2 Å². The summed E-state index contributed by atoms with van der Waals surface area (Å²) in [6, 6.07) is 7.87. The van der Waals surface area contributed by atoms with Crippen LogP contribution in [0.2, 0.25) is 0 Å². The summed E-state index contributed by atoms with van der Waals surface area (Å²) in [5.41, 5.74) is 9.30. The van der Waals surface area contributed by atoms with E-state index in [-0.39, 0.29) is 5.91 Å². The number of aromatic nitrogens is 1. The molecular formula is C17H22N4O. The van der Waals surface area contributed by atoms with Gasteiger partial charge in [-0.25, -0.2) is 0 Å². The number of para-hydroxylation sites is 1. The highest BCUT2D eigenvalue weighted by molar-refractivity contribution is 6.07. The van der Waals surface area contributed by atoms with Crippen molar-refractivity contribution in [3.8, 4) is 0 Å². The molecule has 1 aliphatic rings. The number of hydrogen-bond donors (Lipinski definition) is 2. The van der Waals surface area contributed by atoms with Crippen LogP contribution >= 0.6 is 0 Å². The van der Waals surface area contributed by atoms with Gasteiger partial charge in [-0.1, -0.05) is 25.1 Å². The lowest BCUT2D eigenvalue weighted by molar-refractivity contribution is 0.0953. The number of benzene rings is 1. The van der Waals surface area contributed by atoms with E-state index in [4.69, 9.17) is 10.7 Å². The molecule has 116 valence electrons. The zero-order valence-corrected chi connectivity index (χ0v) is 12.9. The number of amides is 1. The summed E-state index contributed by atoms with van der Waals surface area (Å²) in [4.78, 5) is 19.8. The molecule has 0 fully saturated rings. The van der Waals surface area contributed by atoms with Crippen LogP contribution in [0, 0.1) is 0 Å². The molecule has 0 bridgehead atoms. The summed E-state index contributed by atoms with van der Waals surface area (Å²) in [5, 5.41) is 3.84. The molecule has 2 heterocycles. The van der Waals surface area contributed by atoms with E-state index in [1.807, 2.05) is 24.3 Å². The summed E-state index contributed by atoms with van der Waals surface area (Å²) in [6.45, 7) is 5.84. The van der Waals surface area contributed by atoms with Gasteiger partial charge in [-0.05, 0) is 12.6 Å². The molecule has 22 heavy (non-hydrogen) atoms. The molecule has 0 spiro atoms. The molecule has 3 rings (SSSR count). The Bertz CT molecular complexity index is 698. The van der Waals surface area contributed by atoms with Gasteiger partial charge < -0.3 is 11.1 Å². The smallest absolute Gasteiger partial charge is 0.252 e. The number of likely N-dealkylation sites (N-methyl/N-ethyl adjacent to an activating group) is 1. The summed E-state index contributed by atoms with van der Waals surface area (Å²) in [6.07, 6.45) is 0.894. The predicted octanol–water partition coefficient (Wildman–Crippen LogP) is 1.30. The molecule has 1 aliphatic heterocycles. The van der Waals surface area contributed by atoms with E-state index in [9.17, 15) is 4.79 Å². The fourth-order valence-electron chi connectivity index (χ4n) is 3.05. The molecule has 0 unspecified atom stereocenters. The molecule has 3 N–H and O–H groups in total. The van der Waals surface area contributed by atoms with Crippen molar-refractivity contribution in [1.82, 2.24) is 15.2 Å². The Balaban J connectivity index is 2.14. The number of carbonyl (C=O) groups is 1. The Morgan fingerprint density at radius 2 is 2.23 bits per heavy atom. The molecule has 0 atom stereocenters. The van der Waals surface area contributed by atoms with E-state index in [2.05, 4.69) is 17.1 Å². The number of nitrogens with one attached hydrogen (secondary N) is 1. The molecule has 5 nitrogen and oxygen atoms in total. The summed E-state index contributed by atoms with van der Waals surface area (Å²) in [5.74, 6) is -0.0433. The molecule has 2 aromatic rings. The van der Waals surface area contributed by atoms with Gasteiger partial charge in [-0.2, -0.15) is 0 Å². The third-order valence-electron chi connectivity index (χ3n) is 4.23. The Labute approximate surface area is 130 Å². The van der Waals surface area contributed by atoms with Gasteiger partial charge in [0, 0.05) is 49.2 Å². The van der Waals surface area contributed by atoms with Gasteiger partial charge in [0.2, 0.25) is 0 Å². The monoisotopic (exact) mass is 298 g/mol. The van der Waals surface area contributed by atoms with Crippen molar-refractivity contribution < 1.29 is 4.79 Å². The number of fused-ring (bicyclic) bond motifs is 2. The minimum absolute atomic E-state index is 0.0433. The van der Waals surface area contributed by atoms with Gasteiger partial charge in [-0.15, -0.1) is 0 Å². The lowest BCUT2D eigenvalue weighted by atomic mass is 9.95. The first-order chi connectivity index (χ1) is 10.7. The normalized spacial score (nSPS) is 14.8. The van der Waals surface area contributed by atoms with Crippen LogP contribution < -0.4 is 11.1 Å². The quantitative estimate of drug-likeness (QED) is 0.892. The molecule has 1 aromatic carbocycles. The van der Waals surface area contributed by atoms with Crippen LogP contribution in [-0.2, 0) is 13.0 Å². The number of pyridine rings is 1. The third-order valence-corrected chi connectivity index (χ3v) is 4.23. The van der Waals surface area contributed by atoms with Crippen LogP contribution in [0.1, 0.15) is 28.5 Å². The van der Waals surface area contributed by atoms with E-state index >= 15 is 0 Å². The zero-order valence-electron chi connectivity index (χ0n) is 12.9. The maximum atomic E-state index is 12.7. The van der Waals surface area contributed by atoms with E-state index in [0.29, 0.717) is 13.1 Å². The number of nitrogens with two attached hydrogens (primary N) is 1. The van der Waals surface area contributed by atoms with Crippen LogP contribution in [0.5, 0.6) is 0 Å². The zero-order chi connectivity index (χ0) is 15.5. The fourth-order valence-corrected chi connectivity index (χ4v) is 3.05. The van der Waals surface area contributed by atoms with E-state index < -0.39 is 0 Å². The van der Waals surface area contributed by atoms with Crippen LogP contribution in [0.15, 0.2) is 24.3 Å². The summed E-state index contributed by atoms with van der Waals surface area (Å²) >= 11 is 0. The van der Waals surface area contributed by atoms with Crippen molar-refractivity contribution in [2.24, 2.45) is 5.73 Å². The Morgan fingerprint density at radius 1 is 1.41 bits per heavy atom. The van der Waals surface area contributed by atoms with Crippen LogP contribution in [0.3, 0.4) is 0 Å². The average molecular weight is 298 g/mol. The third kappa shape index (κ3) is 2.69. The molecule has 0 saturated carbocycles. The molecule has 0 saturated heterocycles. The SMILES string of the molecule is CCN1CCc2nc3ccccc3c(C(=O)NCCN)c2C1. The van der Waals surface area contributed by atoms with Crippen LogP contribution in [-0.4, -0.2) is 42.0 Å². The summed E-state index contributed by atoms with van der Waals surface area (Å²) < 4.78 is 0. The Hall–Kier alpha value is -1.98. The second-order valence-corrected chi connectivity index (χ2v) is 5.59. The fraction of sp³-hybridized carbons (Fsp3) is 0.412. The van der Waals surface area contributed by atoms with E-state index in [0.717, 1.165) is 53.8 Å². The first-order valence-corrected chi connectivity index (χ1v) is 7.85. The largest absolute Gasteiger partial charge is 0.351 e. The van der Waals surface area contributed by atoms with Gasteiger partial charge in [0.15, 0.2) is 0 Å². The maximum absolute atomic E-state index is 12.7. The highest BCUT2D eigenvalue weighted by atomic mass is 16.1. The molecule has 1 aromatic heterocycles. The summed E-state index contributed by atoms with van der Waals surface area (Å²) in [7, 11) is 0. The van der Waals surface area contributed by atoms with Gasteiger partial charge in [-0.3, -0.25) is 14.7 Å². The van der Waals surface area contributed by atoms with E-state index in [1.54, 1.807) is 0 Å². The van der Waals surface area contributed by atoms with Crippen LogP contribution in [0.25, 0.3) is 10.9 Å². The number of nitrogens with zero attached hydrogens (tertiary/aromatic N) is 2. The Kier molecular flexibility index (Phi) is 4.36. The first-order valence-electron chi connectivity index (χ1n) is 7.85. The second kappa shape index (κ2) is 6.42. The first kappa shape index (κ1) is 14.9. The molecule has 0 aliphatic carbocycles.